The first-order chi connectivity index (χ1) is 7.45. The van der Waals surface area contributed by atoms with Crippen LogP contribution in [0.4, 0.5) is 0 Å². The lowest BCUT2D eigenvalue weighted by atomic mass is 10.0. The summed E-state index contributed by atoms with van der Waals surface area (Å²) in [7, 11) is 0. The second-order valence-corrected chi connectivity index (χ2v) is 3.48. The second-order valence-electron chi connectivity index (χ2n) is 3.48. The zero-order valence-corrected chi connectivity index (χ0v) is 8.14. The van der Waals surface area contributed by atoms with Crippen molar-refractivity contribution in [2.75, 3.05) is 0 Å². The molecule has 2 nitrogen and oxygen atoms in total. The fraction of sp³-hybridized carbons (Fsp3) is 0. The van der Waals surface area contributed by atoms with Gasteiger partial charge < -0.3 is 4.98 Å². The normalized spacial score (nSPS) is 20.3. The first kappa shape index (κ1) is 8.24. The maximum Gasteiger partial charge on any atom is 0.0460 e. The molecule has 0 aliphatic carbocycles. The summed E-state index contributed by atoms with van der Waals surface area (Å²) in [5, 5.41) is 1.24. The summed E-state index contributed by atoms with van der Waals surface area (Å²) in [4.78, 5) is 7.33. The summed E-state index contributed by atoms with van der Waals surface area (Å²) in [6.45, 7) is 0. The Hall–Kier alpha value is -2.09. The number of hydrogen-bond acceptors (Lipinski definition) is 1. The van der Waals surface area contributed by atoms with Crippen molar-refractivity contribution in [2.45, 2.75) is 0 Å². The minimum absolute atomic E-state index is 1.16. The van der Waals surface area contributed by atoms with Crippen LogP contribution in [-0.4, -0.2) is 11.2 Å². The van der Waals surface area contributed by atoms with Gasteiger partial charge in [-0.3, -0.25) is 4.99 Å². The Morgan fingerprint density at radius 2 is 2.07 bits per heavy atom. The minimum Gasteiger partial charge on any atom is -0.361 e. The van der Waals surface area contributed by atoms with Crippen LogP contribution in [0.1, 0.15) is 11.1 Å². The smallest absolute Gasteiger partial charge is 0.0460 e. The molecule has 1 aliphatic heterocycles. The molecule has 0 saturated carbocycles. The minimum atomic E-state index is 1.16. The molecule has 0 radical (unpaired) electrons. The number of nitrogens with one attached hydrogen (secondary N) is 1. The molecule has 1 aromatic heterocycles. The number of aliphatic imine (C=N–C) groups is 1. The number of hydrogen-bond donors (Lipinski definition) is 1. The van der Waals surface area contributed by atoms with Crippen LogP contribution < -0.4 is 0 Å². The fourth-order valence-electron chi connectivity index (χ4n) is 1.87. The van der Waals surface area contributed by atoms with E-state index < -0.39 is 0 Å². The Morgan fingerprint density at radius 1 is 1.07 bits per heavy atom. The van der Waals surface area contributed by atoms with Crippen molar-refractivity contribution >= 4 is 29.3 Å². The van der Waals surface area contributed by atoms with Crippen molar-refractivity contribution in [1.29, 1.82) is 0 Å². The molecule has 0 amide bonds. The number of allylic oxidation sites excluding steroid dienone is 1. The number of aromatic nitrogens is 1. The maximum absolute atomic E-state index is 4.12. The van der Waals surface area contributed by atoms with E-state index in [0.29, 0.717) is 0 Å². The monoisotopic (exact) mass is 194 g/mol. The van der Waals surface area contributed by atoms with Crippen LogP contribution in [0, 0.1) is 0 Å². The van der Waals surface area contributed by atoms with Gasteiger partial charge in [-0.15, -0.1) is 0 Å². The van der Waals surface area contributed by atoms with E-state index in [1.807, 2.05) is 24.5 Å². The average Bonchev–Trinajstić information content (AvgIpc) is 2.65. The van der Waals surface area contributed by atoms with E-state index in [1.165, 1.54) is 16.5 Å². The van der Waals surface area contributed by atoms with Gasteiger partial charge in [0.05, 0.1) is 0 Å². The van der Waals surface area contributed by atoms with Gasteiger partial charge in [-0.25, -0.2) is 0 Å². The van der Waals surface area contributed by atoms with Gasteiger partial charge in [0, 0.05) is 29.5 Å². The highest BCUT2D eigenvalue weighted by Gasteiger charge is 2.03. The lowest BCUT2D eigenvalue weighted by Crippen LogP contribution is -1.84. The first-order valence-electron chi connectivity index (χ1n) is 4.92. The van der Waals surface area contributed by atoms with Crippen molar-refractivity contribution in [3.63, 3.8) is 0 Å². The Labute approximate surface area is 87.7 Å². The molecule has 2 aromatic rings. The topological polar surface area (TPSA) is 28.1 Å². The predicted molar refractivity (Wildman–Crippen MR) is 64.9 cm³/mol. The molecular weight excluding hydrogens is 184 g/mol. The number of nitrogens with zero attached hydrogens (tertiary/aromatic N) is 1. The van der Waals surface area contributed by atoms with E-state index in [2.05, 4.69) is 34.3 Å². The van der Waals surface area contributed by atoms with Gasteiger partial charge in [-0.1, -0.05) is 12.1 Å². The Bertz CT molecular complexity index is 586. The molecule has 0 fully saturated rings. The lowest BCUT2D eigenvalue weighted by Gasteiger charge is -2.03. The van der Waals surface area contributed by atoms with E-state index in [4.69, 9.17) is 0 Å². The van der Waals surface area contributed by atoms with E-state index in [9.17, 15) is 0 Å². The van der Waals surface area contributed by atoms with Gasteiger partial charge >= 0.3 is 0 Å². The molecule has 1 aromatic carbocycles. The molecule has 2 heterocycles. The van der Waals surface area contributed by atoms with Gasteiger partial charge in [0.25, 0.3) is 0 Å². The molecule has 0 bridgehead atoms. The molecule has 2 heteroatoms. The molecule has 1 N–H and O–H groups in total. The van der Waals surface area contributed by atoms with Crippen LogP contribution in [0.3, 0.4) is 0 Å². The van der Waals surface area contributed by atoms with E-state index in [-0.39, 0.29) is 0 Å². The summed E-state index contributed by atoms with van der Waals surface area (Å²) in [5.41, 5.74) is 3.61. The first-order valence-corrected chi connectivity index (χ1v) is 4.92. The van der Waals surface area contributed by atoms with Crippen LogP contribution in [0.15, 0.2) is 41.7 Å². The van der Waals surface area contributed by atoms with Crippen molar-refractivity contribution in [3.8, 4) is 0 Å². The van der Waals surface area contributed by atoms with E-state index in [0.717, 1.165) is 5.52 Å². The number of aromatic amines is 1. The zero-order valence-electron chi connectivity index (χ0n) is 8.14. The van der Waals surface area contributed by atoms with Gasteiger partial charge in [-0.05, 0) is 35.4 Å². The van der Waals surface area contributed by atoms with Gasteiger partial charge in [0.15, 0.2) is 0 Å². The quantitative estimate of drug-likeness (QED) is 0.667. The van der Waals surface area contributed by atoms with Crippen molar-refractivity contribution in [3.05, 3.63) is 47.8 Å². The number of benzene rings is 1. The number of fused-ring (bicyclic) bond motifs is 3. The largest absolute Gasteiger partial charge is 0.361 e. The summed E-state index contributed by atoms with van der Waals surface area (Å²) in [5.74, 6) is 0. The van der Waals surface area contributed by atoms with Crippen LogP contribution in [-0.2, 0) is 0 Å². The van der Waals surface area contributed by atoms with E-state index >= 15 is 0 Å². The third kappa shape index (κ3) is 1.31. The molecular formula is C13H10N2. The Balaban J connectivity index is 2.37. The van der Waals surface area contributed by atoms with Crippen LogP contribution in [0.5, 0.6) is 0 Å². The molecule has 15 heavy (non-hydrogen) atoms. The summed E-state index contributed by atoms with van der Waals surface area (Å²) >= 11 is 0. The Morgan fingerprint density at radius 3 is 3.07 bits per heavy atom. The molecule has 0 spiro atoms. The highest BCUT2D eigenvalue weighted by atomic mass is 14.7. The summed E-state index contributed by atoms with van der Waals surface area (Å²) < 4.78 is 0. The van der Waals surface area contributed by atoms with Crippen molar-refractivity contribution in [1.82, 2.24) is 4.98 Å². The SMILES string of the molecule is C1=C/c2ccc3[nH]ccc3c2\C=C/N=C\1. The lowest BCUT2D eigenvalue weighted by molar-refractivity contribution is 1.47. The zero-order chi connectivity index (χ0) is 10.1. The van der Waals surface area contributed by atoms with Gasteiger partial charge in [0.2, 0.25) is 0 Å². The summed E-state index contributed by atoms with van der Waals surface area (Å²) in [6.07, 6.45) is 11.7. The molecule has 0 atom stereocenters. The second kappa shape index (κ2) is 3.24. The third-order valence-corrected chi connectivity index (χ3v) is 2.58. The maximum atomic E-state index is 4.12. The summed E-state index contributed by atoms with van der Waals surface area (Å²) in [6, 6.07) is 6.32. The molecule has 3 rings (SSSR count). The highest BCUT2D eigenvalue weighted by Crippen LogP contribution is 2.24. The predicted octanol–water partition coefficient (Wildman–Crippen LogP) is 3.24. The van der Waals surface area contributed by atoms with Gasteiger partial charge in [-0.2, -0.15) is 0 Å². The van der Waals surface area contributed by atoms with Crippen molar-refractivity contribution in [2.24, 2.45) is 4.99 Å². The van der Waals surface area contributed by atoms with Crippen LogP contribution >= 0.6 is 0 Å². The molecule has 1 aliphatic rings. The van der Waals surface area contributed by atoms with E-state index in [1.54, 1.807) is 6.21 Å². The standard InChI is InChI=1S/C13H10N2/c1-2-10-3-4-13-12(6-9-15-13)11(10)5-8-14-7-1/h1-9,15H/b2-1-,7-1?,8-5-,10-2?,11-5?,14-7-,14-8?. The van der Waals surface area contributed by atoms with Crippen molar-refractivity contribution < 1.29 is 0 Å². The molecule has 0 saturated heterocycles. The third-order valence-electron chi connectivity index (χ3n) is 2.58. The highest BCUT2D eigenvalue weighted by molar-refractivity contribution is 5.94. The van der Waals surface area contributed by atoms with Crippen LogP contribution in [0.2, 0.25) is 0 Å². The number of rotatable bonds is 0. The average molecular weight is 194 g/mol. The Kier molecular flexibility index (Phi) is 1.78. The van der Waals surface area contributed by atoms with Gasteiger partial charge in [0.1, 0.15) is 0 Å². The molecule has 72 valence electrons. The molecule has 0 unspecified atom stereocenters. The number of H-pyrrole nitrogens is 1. The van der Waals surface area contributed by atoms with Crippen LogP contribution in [0.25, 0.3) is 23.1 Å². The fourth-order valence-corrected chi connectivity index (χ4v) is 1.87.